The predicted molar refractivity (Wildman–Crippen MR) is 65.2 cm³/mol. The van der Waals surface area contributed by atoms with Gasteiger partial charge in [-0.2, -0.15) is 0 Å². The van der Waals surface area contributed by atoms with Gasteiger partial charge in [-0.05, 0) is 14.1 Å². The van der Waals surface area contributed by atoms with Crippen LogP contribution in [-0.4, -0.2) is 42.6 Å². The first kappa shape index (κ1) is 13.2. The molecule has 0 saturated carbocycles. The molecule has 16 heavy (non-hydrogen) atoms. The second kappa shape index (κ2) is 6.67. The minimum atomic E-state index is -0.522. The summed E-state index contributed by atoms with van der Waals surface area (Å²) in [6, 6.07) is 0. The average Bonchev–Trinajstić information content (AvgIpc) is 2.61. The van der Waals surface area contributed by atoms with Crippen LogP contribution in [0, 0.1) is 0 Å². The number of halogens is 1. The summed E-state index contributed by atoms with van der Waals surface area (Å²) in [5, 5.41) is 4.98. The van der Waals surface area contributed by atoms with Gasteiger partial charge in [-0.25, -0.2) is 9.78 Å². The Hall–Kier alpha value is -0.850. The molecule has 1 aromatic heterocycles. The molecule has 1 N–H and O–H groups in total. The molecule has 90 valence electrons. The molecule has 0 aliphatic heterocycles. The minimum Gasteiger partial charge on any atom is -0.448 e. The normalized spacial score (nSPS) is 10.5. The third kappa shape index (κ3) is 4.78. The van der Waals surface area contributed by atoms with E-state index in [9.17, 15) is 4.79 Å². The summed E-state index contributed by atoms with van der Waals surface area (Å²) >= 11 is 6.76. The lowest BCUT2D eigenvalue weighted by Crippen LogP contribution is -2.15. The van der Waals surface area contributed by atoms with Crippen molar-refractivity contribution in [1.29, 1.82) is 0 Å². The fraction of sp³-hybridized carbons (Fsp3) is 0.556. The maximum Gasteiger partial charge on any atom is 0.413 e. The van der Waals surface area contributed by atoms with Gasteiger partial charge in [0.15, 0.2) is 5.13 Å². The summed E-state index contributed by atoms with van der Waals surface area (Å²) in [6.45, 7) is 0.943. The number of amides is 1. The molecular weight excluding hydrogens is 250 g/mol. The first-order chi connectivity index (χ1) is 7.61. The highest BCUT2D eigenvalue weighted by Gasteiger charge is 2.07. The van der Waals surface area contributed by atoms with Crippen molar-refractivity contribution in [2.75, 3.05) is 31.9 Å². The Bertz CT molecular complexity index is 343. The molecule has 1 heterocycles. The van der Waals surface area contributed by atoms with E-state index in [1.165, 1.54) is 11.3 Å². The number of ether oxygens (including phenoxy) is 1. The van der Waals surface area contributed by atoms with E-state index in [0.717, 1.165) is 12.2 Å². The van der Waals surface area contributed by atoms with Gasteiger partial charge in [-0.3, -0.25) is 5.32 Å². The van der Waals surface area contributed by atoms with E-state index < -0.39 is 6.09 Å². The summed E-state index contributed by atoms with van der Waals surface area (Å²) in [7, 11) is 3.92. The van der Waals surface area contributed by atoms with Crippen LogP contribution in [-0.2, 0) is 11.3 Å². The van der Waals surface area contributed by atoms with Gasteiger partial charge in [0.2, 0.25) is 0 Å². The molecule has 1 aromatic rings. The van der Waals surface area contributed by atoms with Gasteiger partial charge in [0.05, 0.1) is 11.6 Å². The number of anilines is 1. The molecule has 0 aromatic carbocycles. The Morgan fingerprint density at radius 2 is 2.44 bits per heavy atom. The molecule has 0 radical (unpaired) electrons. The standard InChI is InChI=1S/C9H14ClN3O2S/c1-13(2)5-7-6-16-8(11-7)12-9(14)15-4-3-10/h6H,3-5H2,1-2H3,(H,11,12,14). The molecular formula is C9H14ClN3O2S. The van der Waals surface area contributed by atoms with Crippen LogP contribution in [0.5, 0.6) is 0 Å². The first-order valence-corrected chi connectivity index (χ1v) is 6.12. The van der Waals surface area contributed by atoms with Crippen molar-refractivity contribution < 1.29 is 9.53 Å². The lowest BCUT2D eigenvalue weighted by Gasteiger charge is -2.05. The summed E-state index contributed by atoms with van der Waals surface area (Å²) in [5.41, 5.74) is 0.919. The summed E-state index contributed by atoms with van der Waals surface area (Å²) in [5.74, 6) is 0.289. The van der Waals surface area contributed by atoms with Crippen LogP contribution in [0.25, 0.3) is 0 Å². The zero-order valence-electron chi connectivity index (χ0n) is 9.20. The molecule has 1 amide bonds. The molecule has 1 rings (SSSR count). The quantitative estimate of drug-likeness (QED) is 0.826. The maximum absolute atomic E-state index is 11.2. The molecule has 0 atom stereocenters. The topological polar surface area (TPSA) is 54.5 Å². The van der Waals surface area contributed by atoms with E-state index in [1.54, 1.807) is 0 Å². The van der Waals surface area contributed by atoms with Crippen LogP contribution < -0.4 is 5.32 Å². The van der Waals surface area contributed by atoms with Crippen LogP contribution in [0.2, 0.25) is 0 Å². The predicted octanol–water partition coefficient (Wildman–Crippen LogP) is 1.99. The van der Waals surface area contributed by atoms with E-state index in [4.69, 9.17) is 16.3 Å². The van der Waals surface area contributed by atoms with Crippen LogP contribution in [0.1, 0.15) is 5.69 Å². The molecule has 5 nitrogen and oxygen atoms in total. The highest BCUT2D eigenvalue weighted by atomic mass is 35.5. The number of nitrogens with one attached hydrogen (secondary N) is 1. The molecule has 0 aliphatic rings. The number of hydrogen-bond donors (Lipinski definition) is 1. The number of aromatic nitrogens is 1. The van der Waals surface area contributed by atoms with E-state index >= 15 is 0 Å². The highest BCUT2D eigenvalue weighted by molar-refractivity contribution is 7.13. The van der Waals surface area contributed by atoms with Gasteiger partial charge in [0.1, 0.15) is 6.61 Å². The molecule has 0 fully saturated rings. The number of hydrogen-bond acceptors (Lipinski definition) is 5. The van der Waals surface area contributed by atoms with E-state index in [1.807, 2.05) is 24.4 Å². The van der Waals surface area contributed by atoms with Crippen molar-refractivity contribution >= 4 is 34.2 Å². The van der Waals surface area contributed by atoms with Crippen molar-refractivity contribution in [3.8, 4) is 0 Å². The smallest absolute Gasteiger partial charge is 0.413 e. The van der Waals surface area contributed by atoms with E-state index in [-0.39, 0.29) is 12.5 Å². The van der Waals surface area contributed by atoms with Crippen molar-refractivity contribution in [3.63, 3.8) is 0 Å². The number of carbonyl (C=O) groups excluding carboxylic acids is 1. The fourth-order valence-electron chi connectivity index (χ4n) is 1.02. The van der Waals surface area contributed by atoms with Crippen molar-refractivity contribution in [1.82, 2.24) is 9.88 Å². The maximum atomic E-state index is 11.2. The Balaban J connectivity index is 2.42. The third-order valence-electron chi connectivity index (χ3n) is 1.55. The largest absolute Gasteiger partial charge is 0.448 e. The number of rotatable bonds is 5. The molecule has 0 saturated heterocycles. The molecule has 0 unspecified atom stereocenters. The number of nitrogens with zero attached hydrogens (tertiary/aromatic N) is 2. The highest BCUT2D eigenvalue weighted by Crippen LogP contribution is 2.16. The van der Waals surface area contributed by atoms with Crippen LogP contribution in [0.3, 0.4) is 0 Å². The summed E-state index contributed by atoms with van der Waals surface area (Å²) in [4.78, 5) is 17.4. The second-order valence-electron chi connectivity index (χ2n) is 3.33. The van der Waals surface area contributed by atoms with Gasteiger partial charge >= 0.3 is 6.09 Å². The summed E-state index contributed by atoms with van der Waals surface area (Å²) in [6.07, 6.45) is -0.522. The van der Waals surface area contributed by atoms with E-state index in [0.29, 0.717) is 5.13 Å². The number of thiazole rings is 1. The van der Waals surface area contributed by atoms with Crippen LogP contribution >= 0.6 is 22.9 Å². The zero-order valence-corrected chi connectivity index (χ0v) is 10.8. The van der Waals surface area contributed by atoms with Gasteiger partial charge < -0.3 is 9.64 Å². The second-order valence-corrected chi connectivity index (χ2v) is 4.57. The average molecular weight is 264 g/mol. The van der Waals surface area contributed by atoms with Crippen molar-refractivity contribution in [3.05, 3.63) is 11.1 Å². The molecule has 7 heteroatoms. The SMILES string of the molecule is CN(C)Cc1csc(NC(=O)OCCCl)n1. The summed E-state index contributed by atoms with van der Waals surface area (Å²) < 4.78 is 4.76. The van der Waals surface area contributed by atoms with Crippen LogP contribution in [0.4, 0.5) is 9.93 Å². The van der Waals surface area contributed by atoms with E-state index in [2.05, 4.69) is 10.3 Å². The number of carbonyl (C=O) groups is 1. The Morgan fingerprint density at radius 1 is 1.69 bits per heavy atom. The minimum absolute atomic E-state index is 0.198. The lowest BCUT2D eigenvalue weighted by molar-refractivity contribution is 0.168. The Kier molecular flexibility index (Phi) is 5.51. The van der Waals surface area contributed by atoms with Gasteiger partial charge in [0, 0.05) is 11.9 Å². The molecule has 0 bridgehead atoms. The van der Waals surface area contributed by atoms with Crippen molar-refractivity contribution in [2.45, 2.75) is 6.54 Å². The first-order valence-electron chi connectivity index (χ1n) is 4.70. The number of alkyl halides is 1. The third-order valence-corrected chi connectivity index (χ3v) is 2.51. The Labute approximate surface area is 103 Å². The fourth-order valence-corrected chi connectivity index (χ4v) is 1.78. The van der Waals surface area contributed by atoms with Crippen molar-refractivity contribution in [2.24, 2.45) is 0 Å². The monoisotopic (exact) mass is 263 g/mol. The molecule has 0 aliphatic carbocycles. The van der Waals surface area contributed by atoms with Gasteiger partial charge in [-0.15, -0.1) is 22.9 Å². The van der Waals surface area contributed by atoms with Crippen LogP contribution in [0.15, 0.2) is 5.38 Å². The van der Waals surface area contributed by atoms with Gasteiger partial charge in [0.25, 0.3) is 0 Å². The lowest BCUT2D eigenvalue weighted by atomic mass is 10.5. The Morgan fingerprint density at radius 3 is 3.06 bits per heavy atom. The van der Waals surface area contributed by atoms with Gasteiger partial charge in [-0.1, -0.05) is 0 Å². The molecule has 0 spiro atoms. The zero-order chi connectivity index (χ0) is 12.0.